The number of aliphatic hydroxyl groups excluding tert-OH is 1. The Hall–Kier alpha value is -3.28. The van der Waals surface area contributed by atoms with Crippen molar-refractivity contribution in [1.82, 2.24) is 4.90 Å². The van der Waals surface area contributed by atoms with Crippen molar-refractivity contribution < 1.29 is 19.4 Å². The topological polar surface area (TPSA) is 60.8 Å². The number of carboxylic acid groups (broad SMARTS) is 1. The summed E-state index contributed by atoms with van der Waals surface area (Å²) in [5.41, 5.74) is 9.66. The fourth-order valence-corrected chi connectivity index (χ4v) is 6.00. The van der Waals surface area contributed by atoms with Crippen LogP contribution in [-0.2, 0) is 19.3 Å². The van der Waals surface area contributed by atoms with Gasteiger partial charge in [0.25, 0.3) is 0 Å². The monoisotopic (exact) mass is 513 g/mol. The molecule has 38 heavy (non-hydrogen) atoms. The van der Waals surface area contributed by atoms with Crippen LogP contribution in [0.5, 0.6) is 0 Å². The predicted octanol–water partition coefficient (Wildman–Crippen LogP) is 6.05. The number of likely N-dealkylation sites (tertiary alicyclic amines) is 1. The number of aromatic carboxylic acids is 1. The molecule has 5 heteroatoms. The molecule has 0 spiro atoms. The van der Waals surface area contributed by atoms with E-state index in [1.807, 2.05) is 12.1 Å². The Labute approximate surface area is 224 Å². The Balaban J connectivity index is 1.50. The van der Waals surface area contributed by atoms with Crippen molar-refractivity contribution >= 4 is 17.1 Å². The summed E-state index contributed by atoms with van der Waals surface area (Å²) in [7, 11) is 0. The van der Waals surface area contributed by atoms with Crippen LogP contribution in [0.15, 0.2) is 66.7 Å². The van der Waals surface area contributed by atoms with Gasteiger partial charge in [0.15, 0.2) is 0 Å². The lowest BCUT2D eigenvalue weighted by Crippen LogP contribution is -2.47. The molecule has 0 saturated carbocycles. The molecule has 0 aromatic heterocycles. The first-order valence-corrected chi connectivity index (χ1v) is 13.7. The molecule has 0 radical (unpaired) electrons. The minimum absolute atomic E-state index is 0.117. The highest BCUT2D eigenvalue weighted by atomic mass is 19.1. The third-order valence-corrected chi connectivity index (χ3v) is 7.88. The van der Waals surface area contributed by atoms with Gasteiger partial charge in [0.1, 0.15) is 0 Å². The molecule has 0 amide bonds. The maximum Gasteiger partial charge on any atom is 0.335 e. The van der Waals surface area contributed by atoms with Crippen molar-refractivity contribution in [3.63, 3.8) is 0 Å². The molecule has 5 rings (SSSR count). The number of halogens is 1. The van der Waals surface area contributed by atoms with E-state index in [1.54, 1.807) is 6.07 Å². The van der Waals surface area contributed by atoms with Crippen LogP contribution in [-0.4, -0.2) is 54.0 Å². The second kappa shape index (κ2) is 12.1. The van der Waals surface area contributed by atoms with E-state index in [0.29, 0.717) is 24.3 Å². The molecular weight excluding hydrogens is 477 g/mol. The summed E-state index contributed by atoms with van der Waals surface area (Å²) in [4.78, 5) is 14.0. The van der Waals surface area contributed by atoms with Gasteiger partial charge < -0.3 is 15.1 Å². The van der Waals surface area contributed by atoms with E-state index < -0.39 is 5.97 Å². The van der Waals surface area contributed by atoms with Gasteiger partial charge in [0, 0.05) is 26.2 Å². The Morgan fingerprint density at radius 3 is 2.50 bits per heavy atom. The van der Waals surface area contributed by atoms with Crippen molar-refractivity contribution in [2.75, 3.05) is 32.9 Å². The second-order valence-electron chi connectivity index (χ2n) is 10.6. The fourth-order valence-electron chi connectivity index (χ4n) is 6.00. The number of benzene rings is 3. The quantitative estimate of drug-likeness (QED) is 0.347. The number of hydrogen-bond donors (Lipinski definition) is 2. The van der Waals surface area contributed by atoms with E-state index in [1.165, 1.54) is 16.7 Å². The molecule has 1 saturated heterocycles. The van der Waals surface area contributed by atoms with Crippen LogP contribution < -0.4 is 0 Å². The summed E-state index contributed by atoms with van der Waals surface area (Å²) in [5, 5.41) is 19.1. The lowest BCUT2D eigenvalue weighted by Gasteiger charge is -2.39. The maximum atomic E-state index is 12.4. The summed E-state index contributed by atoms with van der Waals surface area (Å²) in [6, 6.07) is 22.8. The van der Waals surface area contributed by atoms with Crippen LogP contribution in [0.2, 0.25) is 0 Å². The Kier molecular flexibility index (Phi) is 8.35. The molecule has 4 nitrogen and oxygen atoms in total. The van der Waals surface area contributed by atoms with Crippen LogP contribution in [0.1, 0.15) is 63.0 Å². The lowest BCUT2D eigenvalue weighted by molar-refractivity contribution is 0.0696. The van der Waals surface area contributed by atoms with Gasteiger partial charge in [-0.15, -0.1) is 0 Å². The van der Waals surface area contributed by atoms with Crippen LogP contribution in [0.4, 0.5) is 4.39 Å². The average Bonchev–Trinajstić information content (AvgIpc) is 3.10. The van der Waals surface area contributed by atoms with Crippen molar-refractivity contribution in [2.24, 2.45) is 5.92 Å². The van der Waals surface area contributed by atoms with E-state index >= 15 is 0 Å². The highest BCUT2D eigenvalue weighted by Crippen LogP contribution is 2.40. The zero-order valence-corrected chi connectivity index (χ0v) is 21.8. The number of aliphatic hydroxyl groups is 1. The van der Waals surface area contributed by atoms with Crippen LogP contribution in [0.25, 0.3) is 11.1 Å². The summed E-state index contributed by atoms with van der Waals surface area (Å²) >= 11 is 0. The van der Waals surface area contributed by atoms with E-state index in [0.717, 1.165) is 73.1 Å². The standard InChI is InChI=1S/C33H36FNO3/c34-15-3-16-35-21-25(22-35)18-24-8-10-26(11-9-24)32-30(27-5-1-4-23(19-27)14-17-36)7-2-6-28-20-29(33(37)38)12-13-31(28)32/h1,4-5,8-13,19-20,25,36H,2-3,6-7,14-18,21-22H2,(H,37,38). The lowest BCUT2D eigenvalue weighted by atomic mass is 9.85. The number of aryl methyl sites for hydroxylation is 1. The molecule has 2 N–H and O–H groups in total. The number of hydrogen-bond acceptors (Lipinski definition) is 3. The molecule has 2 aliphatic rings. The normalized spacial score (nSPS) is 16.2. The van der Waals surface area contributed by atoms with E-state index in [-0.39, 0.29) is 13.3 Å². The van der Waals surface area contributed by atoms with Crippen molar-refractivity contribution in [1.29, 1.82) is 0 Å². The highest BCUT2D eigenvalue weighted by Gasteiger charge is 2.26. The molecule has 0 unspecified atom stereocenters. The van der Waals surface area contributed by atoms with Crippen LogP contribution in [0.3, 0.4) is 0 Å². The molecule has 198 valence electrons. The van der Waals surface area contributed by atoms with Gasteiger partial charge in [-0.3, -0.25) is 4.39 Å². The van der Waals surface area contributed by atoms with Gasteiger partial charge >= 0.3 is 5.97 Å². The number of alkyl halides is 1. The molecule has 0 atom stereocenters. The van der Waals surface area contributed by atoms with Gasteiger partial charge in [0.2, 0.25) is 0 Å². The van der Waals surface area contributed by atoms with Gasteiger partial charge in [-0.1, -0.05) is 54.6 Å². The molecule has 3 aromatic carbocycles. The number of carbonyl (C=O) groups is 1. The van der Waals surface area contributed by atoms with E-state index in [4.69, 9.17) is 0 Å². The van der Waals surface area contributed by atoms with Crippen LogP contribution in [0, 0.1) is 5.92 Å². The average molecular weight is 514 g/mol. The van der Waals surface area contributed by atoms with Gasteiger partial charge in [0.05, 0.1) is 12.2 Å². The Bertz CT molecular complexity index is 1310. The maximum absolute atomic E-state index is 12.4. The number of nitrogens with zero attached hydrogens (tertiary/aromatic N) is 1. The van der Waals surface area contributed by atoms with Gasteiger partial charge in [-0.2, -0.15) is 0 Å². The zero-order chi connectivity index (χ0) is 26.5. The third-order valence-electron chi connectivity index (χ3n) is 7.88. The van der Waals surface area contributed by atoms with Crippen molar-refractivity contribution in [3.05, 3.63) is 106 Å². The molecular formula is C33H36FNO3. The minimum atomic E-state index is -0.900. The molecule has 3 aromatic rings. The van der Waals surface area contributed by atoms with Crippen molar-refractivity contribution in [3.8, 4) is 0 Å². The SMILES string of the molecule is O=C(O)c1ccc2c(c1)CCCC(c1cccc(CCO)c1)=C2c1ccc(CC2CN(CCCF)C2)cc1. The first kappa shape index (κ1) is 26.3. The summed E-state index contributed by atoms with van der Waals surface area (Å²) in [6.45, 7) is 2.81. The van der Waals surface area contributed by atoms with Crippen molar-refractivity contribution in [2.45, 2.75) is 38.5 Å². The number of allylic oxidation sites excluding steroid dienone is 1. The van der Waals surface area contributed by atoms with Gasteiger partial charge in [-0.05, 0) is 101 Å². The Morgan fingerprint density at radius 1 is 0.947 bits per heavy atom. The third kappa shape index (κ3) is 5.90. The molecule has 1 fully saturated rings. The molecule has 1 aliphatic heterocycles. The molecule has 1 aliphatic carbocycles. The summed E-state index contributed by atoms with van der Waals surface area (Å²) in [5.74, 6) is -0.277. The van der Waals surface area contributed by atoms with Gasteiger partial charge in [-0.25, -0.2) is 4.79 Å². The second-order valence-corrected chi connectivity index (χ2v) is 10.6. The largest absolute Gasteiger partial charge is 0.478 e. The predicted molar refractivity (Wildman–Crippen MR) is 150 cm³/mol. The minimum Gasteiger partial charge on any atom is -0.478 e. The summed E-state index contributed by atoms with van der Waals surface area (Å²) in [6.07, 6.45) is 4.94. The smallest absolute Gasteiger partial charge is 0.335 e. The first-order chi connectivity index (χ1) is 18.6. The molecule has 1 heterocycles. The van der Waals surface area contributed by atoms with E-state index in [9.17, 15) is 19.4 Å². The number of carboxylic acids is 1. The number of fused-ring (bicyclic) bond motifs is 1. The fraction of sp³-hybridized carbons (Fsp3) is 0.364. The first-order valence-electron chi connectivity index (χ1n) is 13.7. The van der Waals surface area contributed by atoms with Crippen LogP contribution >= 0.6 is 0 Å². The number of rotatable bonds is 10. The van der Waals surface area contributed by atoms with E-state index in [2.05, 4.69) is 53.4 Å². The molecule has 0 bridgehead atoms. The summed E-state index contributed by atoms with van der Waals surface area (Å²) < 4.78 is 12.4. The zero-order valence-electron chi connectivity index (χ0n) is 21.8. The highest BCUT2D eigenvalue weighted by molar-refractivity contribution is 6.00. The Morgan fingerprint density at radius 2 is 1.76 bits per heavy atom.